The molecular formula is C18H21N5. The third kappa shape index (κ3) is 2.91. The van der Waals surface area contributed by atoms with E-state index in [9.17, 15) is 0 Å². The third-order valence-corrected chi connectivity index (χ3v) is 4.36. The maximum atomic E-state index is 4.78. The van der Waals surface area contributed by atoms with Crippen LogP contribution in [0.5, 0.6) is 0 Å². The Hall–Kier alpha value is -2.43. The van der Waals surface area contributed by atoms with Gasteiger partial charge in [-0.05, 0) is 30.4 Å². The van der Waals surface area contributed by atoms with Gasteiger partial charge in [-0.25, -0.2) is 9.67 Å². The lowest BCUT2D eigenvalue weighted by molar-refractivity contribution is 0.678. The Bertz CT molecular complexity index is 808. The van der Waals surface area contributed by atoms with Crippen molar-refractivity contribution in [1.82, 2.24) is 24.5 Å². The maximum Gasteiger partial charge on any atom is 0.161 e. The Morgan fingerprint density at radius 2 is 1.87 bits per heavy atom. The molecule has 0 amide bonds. The van der Waals surface area contributed by atoms with Crippen molar-refractivity contribution >= 4 is 0 Å². The van der Waals surface area contributed by atoms with Gasteiger partial charge in [0.25, 0.3) is 0 Å². The van der Waals surface area contributed by atoms with E-state index in [-0.39, 0.29) is 0 Å². The second-order valence-corrected chi connectivity index (χ2v) is 6.30. The fraction of sp³-hybridized carbons (Fsp3) is 0.389. The molecule has 23 heavy (non-hydrogen) atoms. The first-order valence-electron chi connectivity index (χ1n) is 8.24. The first-order chi connectivity index (χ1) is 11.2. The van der Waals surface area contributed by atoms with Crippen molar-refractivity contribution in [2.75, 3.05) is 0 Å². The summed E-state index contributed by atoms with van der Waals surface area (Å²) in [6, 6.07) is 8.75. The Morgan fingerprint density at radius 3 is 2.48 bits per heavy atom. The minimum atomic E-state index is 0.550. The number of nitrogens with zero attached hydrogens (tertiary/aromatic N) is 5. The van der Waals surface area contributed by atoms with E-state index in [1.54, 1.807) is 4.68 Å². The molecule has 0 N–H and O–H groups in total. The summed E-state index contributed by atoms with van der Waals surface area (Å²) in [5.41, 5.74) is 3.63. The largest absolute Gasteiger partial charge is 0.275 e. The molecule has 2 heterocycles. The van der Waals surface area contributed by atoms with Gasteiger partial charge in [-0.3, -0.25) is 4.68 Å². The van der Waals surface area contributed by atoms with Crippen LogP contribution in [0.2, 0.25) is 0 Å². The van der Waals surface area contributed by atoms with Gasteiger partial charge in [0, 0.05) is 19.2 Å². The van der Waals surface area contributed by atoms with Crippen molar-refractivity contribution in [3.05, 3.63) is 53.6 Å². The lowest BCUT2D eigenvalue weighted by Crippen LogP contribution is -2.04. The quantitative estimate of drug-likeness (QED) is 0.727. The van der Waals surface area contributed by atoms with Crippen LogP contribution in [-0.4, -0.2) is 24.5 Å². The predicted octanol–water partition coefficient (Wildman–Crippen LogP) is 3.17. The fourth-order valence-electron chi connectivity index (χ4n) is 2.79. The maximum absolute atomic E-state index is 4.78. The molecule has 3 aromatic rings. The Labute approximate surface area is 136 Å². The lowest BCUT2D eigenvalue weighted by atomic mass is 10.1. The lowest BCUT2D eigenvalue weighted by Gasteiger charge is -2.06. The van der Waals surface area contributed by atoms with Crippen LogP contribution in [-0.2, 0) is 20.0 Å². The molecule has 1 fully saturated rings. The first-order valence-corrected chi connectivity index (χ1v) is 8.24. The molecule has 0 spiro atoms. The zero-order valence-corrected chi connectivity index (χ0v) is 13.6. The Kier molecular flexibility index (Phi) is 3.48. The zero-order valence-electron chi connectivity index (χ0n) is 13.6. The van der Waals surface area contributed by atoms with Crippen LogP contribution in [0.25, 0.3) is 11.4 Å². The van der Waals surface area contributed by atoms with Crippen LogP contribution < -0.4 is 0 Å². The highest BCUT2D eigenvalue weighted by molar-refractivity contribution is 5.53. The van der Waals surface area contributed by atoms with Gasteiger partial charge in [-0.1, -0.05) is 31.2 Å². The van der Waals surface area contributed by atoms with Crippen molar-refractivity contribution in [3.63, 3.8) is 0 Å². The monoisotopic (exact) mass is 307 g/mol. The summed E-state index contributed by atoms with van der Waals surface area (Å²) in [5, 5.41) is 9.03. The standard InChI is InChI=1S/C18H21N5/c1-3-13-4-6-14(7-5-13)11-23-18(16-10-19-22(2)12-16)20-17(21-23)15-8-9-15/h4-7,10,12,15H,3,8-9,11H2,1-2H3. The van der Waals surface area contributed by atoms with Gasteiger partial charge in [-0.15, -0.1) is 0 Å². The smallest absolute Gasteiger partial charge is 0.161 e. The molecule has 0 radical (unpaired) electrons. The summed E-state index contributed by atoms with van der Waals surface area (Å²) in [4.78, 5) is 4.78. The number of hydrogen-bond donors (Lipinski definition) is 0. The summed E-state index contributed by atoms with van der Waals surface area (Å²) in [6.07, 6.45) is 7.34. The van der Waals surface area contributed by atoms with E-state index in [4.69, 9.17) is 10.1 Å². The highest BCUT2D eigenvalue weighted by Gasteiger charge is 2.29. The van der Waals surface area contributed by atoms with Gasteiger partial charge in [0.15, 0.2) is 11.6 Å². The molecular weight excluding hydrogens is 286 g/mol. The number of aromatic nitrogens is 5. The molecule has 1 aromatic carbocycles. The molecule has 4 rings (SSSR count). The topological polar surface area (TPSA) is 48.5 Å². The minimum Gasteiger partial charge on any atom is -0.275 e. The number of aryl methyl sites for hydroxylation is 2. The Balaban J connectivity index is 1.68. The average Bonchev–Trinajstić information content (AvgIpc) is 3.20. The van der Waals surface area contributed by atoms with Crippen molar-refractivity contribution in [2.24, 2.45) is 7.05 Å². The van der Waals surface area contributed by atoms with Gasteiger partial charge in [0.1, 0.15) is 0 Å². The van der Waals surface area contributed by atoms with Crippen LogP contribution >= 0.6 is 0 Å². The third-order valence-electron chi connectivity index (χ3n) is 4.36. The molecule has 0 atom stereocenters. The van der Waals surface area contributed by atoms with Crippen molar-refractivity contribution in [1.29, 1.82) is 0 Å². The van der Waals surface area contributed by atoms with Crippen molar-refractivity contribution in [2.45, 2.75) is 38.6 Å². The van der Waals surface area contributed by atoms with Crippen LogP contribution in [0.4, 0.5) is 0 Å². The zero-order chi connectivity index (χ0) is 15.8. The highest BCUT2D eigenvalue weighted by Crippen LogP contribution is 2.39. The predicted molar refractivity (Wildman–Crippen MR) is 89.1 cm³/mol. The second-order valence-electron chi connectivity index (χ2n) is 6.30. The molecule has 0 saturated heterocycles. The van der Waals surface area contributed by atoms with E-state index in [2.05, 4.69) is 36.3 Å². The van der Waals surface area contributed by atoms with E-state index in [0.717, 1.165) is 30.2 Å². The van der Waals surface area contributed by atoms with Crippen LogP contribution in [0.3, 0.4) is 0 Å². The van der Waals surface area contributed by atoms with E-state index >= 15 is 0 Å². The fourth-order valence-corrected chi connectivity index (χ4v) is 2.79. The summed E-state index contributed by atoms with van der Waals surface area (Å²) in [7, 11) is 1.93. The molecule has 1 aliphatic rings. The summed E-state index contributed by atoms with van der Waals surface area (Å²) < 4.78 is 3.83. The van der Waals surface area contributed by atoms with Crippen molar-refractivity contribution < 1.29 is 0 Å². The van der Waals surface area contributed by atoms with Gasteiger partial charge >= 0.3 is 0 Å². The number of benzene rings is 1. The molecule has 0 bridgehead atoms. The van der Waals surface area contributed by atoms with E-state index in [1.807, 2.05) is 24.1 Å². The van der Waals surface area contributed by atoms with Crippen molar-refractivity contribution in [3.8, 4) is 11.4 Å². The van der Waals surface area contributed by atoms with Crippen LogP contribution in [0.1, 0.15) is 42.6 Å². The summed E-state index contributed by atoms with van der Waals surface area (Å²) >= 11 is 0. The van der Waals surface area contributed by atoms with Gasteiger partial charge < -0.3 is 0 Å². The number of rotatable bonds is 5. The minimum absolute atomic E-state index is 0.550. The molecule has 5 nitrogen and oxygen atoms in total. The molecule has 0 unspecified atom stereocenters. The molecule has 0 aliphatic heterocycles. The van der Waals surface area contributed by atoms with Crippen LogP contribution in [0.15, 0.2) is 36.7 Å². The average molecular weight is 307 g/mol. The molecule has 5 heteroatoms. The normalized spacial score (nSPS) is 14.3. The number of hydrogen-bond acceptors (Lipinski definition) is 3. The first kappa shape index (κ1) is 14.2. The van der Waals surface area contributed by atoms with E-state index in [1.165, 1.54) is 24.0 Å². The summed E-state index contributed by atoms with van der Waals surface area (Å²) in [6.45, 7) is 2.92. The highest BCUT2D eigenvalue weighted by atomic mass is 15.4. The molecule has 1 saturated carbocycles. The van der Waals surface area contributed by atoms with Gasteiger partial charge in [-0.2, -0.15) is 10.2 Å². The summed E-state index contributed by atoms with van der Waals surface area (Å²) in [5.74, 6) is 2.45. The second kappa shape index (κ2) is 5.65. The van der Waals surface area contributed by atoms with Crippen LogP contribution in [0, 0.1) is 0 Å². The SMILES string of the molecule is CCc1ccc(Cn2nc(C3CC3)nc2-c2cnn(C)c2)cc1. The van der Waals surface area contributed by atoms with Gasteiger partial charge in [0.2, 0.25) is 0 Å². The molecule has 1 aliphatic carbocycles. The molecule has 118 valence electrons. The van der Waals surface area contributed by atoms with E-state index < -0.39 is 0 Å². The molecule has 2 aromatic heterocycles. The van der Waals surface area contributed by atoms with Gasteiger partial charge in [0.05, 0.1) is 18.3 Å². The van der Waals surface area contributed by atoms with E-state index in [0.29, 0.717) is 5.92 Å². The Morgan fingerprint density at radius 1 is 1.13 bits per heavy atom.